The minimum Gasteiger partial charge on any atom is -0.494 e. The summed E-state index contributed by atoms with van der Waals surface area (Å²) in [4.78, 5) is 12.2. The van der Waals surface area contributed by atoms with Crippen LogP contribution in [0.4, 0.5) is 11.4 Å². The number of rotatable bonds is 8. The number of nitrogens with one attached hydrogen (secondary N) is 2. The number of hydrogen-bond donors (Lipinski definition) is 2. The van der Waals surface area contributed by atoms with Crippen LogP contribution in [0.3, 0.4) is 0 Å². The van der Waals surface area contributed by atoms with Crippen LogP contribution in [0.1, 0.15) is 13.8 Å². The highest BCUT2D eigenvalue weighted by Crippen LogP contribution is 2.29. The molecule has 0 aliphatic heterocycles. The Morgan fingerprint density at radius 3 is 2.50 bits per heavy atom. The lowest BCUT2D eigenvalue weighted by Gasteiger charge is -2.12. The van der Waals surface area contributed by atoms with Gasteiger partial charge >= 0.3 is 0 Å². The summed E-state index contributed by atoms with van der Waals surface area (Å²) < 4.78 is 11.0. The molecule has 1 amide bonds. The monoisotopic (exact) mass is 351 g/mol. The Morgan fingerprint density at radius 2 is 1.85 bits per heavy atom. The molecule has 0 saturated carbocycles. The summed E-state index contributed by atoms with van der Waals surface area (Å²) >= 11 is 0. The number of anilines is 2. The van der Waals surface area contributed by atoms with Crippen molar-refractivity contribution in [1.29, 1.82) is 5.26 Å². The summed E-state index contributed by atoms with van der Waals surface area (Å²) in [6.45, 7) is 4.80. The van der Waals surface area contributed by atoms with E-state index in [1.54, 1.807) is 42.5 Å². The highest BCUT2D eigenvalue weighted by Gasteiger charge is 2.10. The number of carbonyl (C=O) groups is 1. The first-order chi connectivity index (χ1) is 12.7. The fourth-order valence-corrected chi connectivity index (χ4v) is 2.18. The van der Waals surface area contributed by atoms with Gasteiger partial charge in [-0.15, -0.1) is 0 Å². The molecule has 2 N–H and O–H groups in total. The van der Waals surface area contributed by atoms with E-state index < -0.39 is 5.91 Å². The Bertz CT molecular complexity index is 811. The maximum absolute atomic E-state index is 12.2. The van der Waals surface area contributed by atoms with Gasteiger partial charge in [-0.3, -0.25) is 4.79 Å². The van der Waals surface area contributed by atoms with Crippen LogP contribution in [0.25, 0.3) is 0 Å². The van der Waals surface area contributed by atoms with Gasteiger partial charge in [0.1, 0.15) is 23.1 Å². The van der Waals surface area contributed by atoms with E-state index in [-0.39, 0.29) is 5.57 Å². The van der Waals surface area contributed by atoms with Crippen molar-refractivity contribution in [3.05, 3.63) is 60.3 Å². The molecule has 2 aromatic rings. The van der Waals surface area contributed by atoms with Crippen LogP contribution in [0.15, 0.2) is 60.3 Å². The lowest BCUT2D eigenvalue weighted by Crippen LogP contribution is -2.14. The van der Waals surface area contributed by atoms with Crippen molar-refractivity contribution in [1.82, 2.24) is 0 Å². The zero-order valence-electron chi connectivity index (χ0n) is 14.8. The predicted molar refractivity (Wildman–Crippen MR) is 101 cm³/mol. The SMILES string of the molecule is CCOc1ccc(OCC)c(N/C=C(\C#N)C(=O)Nc2ccccc2)c1. The Kier molecular flexibility index (Phi) is 7.07. The average molecular weight is 351 g/mol. The van der Waals surface area contributed by atoms with Gasteiger partial charge in [0.2, 0.25) is 0 Å². The summed E-state index contributed by atoms with van der Waals surface area (Å²) in [5, 5.41) is 14.9. The molecule has 0 aromatic heterocycles. The third kappa shape index (κ3) is 5.28. The topological polar surface area (TPSA) is 83.4 Å². The van der Waals surface area contributed by atoms with E-state index in [1.165, 1.54) is 6.20 Å². The van der Waals surface area contributed by atoms with Crippen molar-refractivity contribution in [3.63, 3.8) is 0 Å². The highest BCUT2D eigenvalue weighted by atomic mass is 16.5. The Morgan fingerprint density at radius 1 is 1.12 bits per heavy atom. The van der Waals surface area contributed by atoms with Gasteiger partial charge in [0.05, 0.1) is 18.9 Å². The standard InChI is InChI=1S/C20H21N3O3/c1-3-25-17-10-11-19(26-4-2)18(12-17)22-14-15(13-21)20(24)23-16-8-6-5-7-9-16/h5-12,14,22H,3-4H2,1-2H3,(H,23,24)/b15-14+. The van der Waals surface area contributed by atoms with Crippen molar-refractivity contribution in [3.8, 4) is 17.6 Å². The molecule has 6 nitrogen and oxygen atoms in total. The number of nitrogens with zero attached hydrogens (tertiary/aromatic N) is 1. The van der Waals surface area contributed by atoms with Crippen molar-refractivity contribution in [2.75, 3.05) is 23.8 Å². The second kappa shape index (κ2) is 9.74. The second-order valence-corrected chi connectivity index (χ2v) is 5.16. The van der Waals surface area contributed by atoms with Gasteiger partial charge in [0.25, 0.3) is 5.91 Å². The molecule has 0 saturated heterocycles. The summed E-state index contributed by atoms with van der Waals surface area (Å²) in [7, 11) is 0. The van der Waals surface area contributed by atoms with E-state index in [9.17, 15) is 10.1 Å². The molecule has 0 radical (unpaired) electrons. The fourth-order valence-electron chi connectivity index (χ4n) is 2.18. The molecule has 0 aliphatic rings. The second-order valence-electron chi connectivity index (χ2n) is 5.16. The Balaban J connectivity index is 2.18. The molecule has 6 heteroatoms. The molecule has 0 unspecified atom stereocenters. The molecule has 2 aromatic carbocycles. The molecule has 134 valence electrons. The smallest absolute Gasteiger partial charge is 0.267 e. The number of carbonyl (C=O) groups excluding carboxylic acids is 1. The number of hydrogen-bond acceptors (Lipinski definition) is 5. The van der Waals surface area contributed by atoms with Gasteiger partial charge < -0.3 is 20.1 Å². The quantitative estimate of drug-likeness (QED) is 0.556. The lowest BCUT2D eigenvalue weighted by atomic mass is 10.2. The lowest BCUT2D eigenvalue weighted by molar-refractivity contribution is -0.112. The third-order valence-corrected chi connectivity index (χ3v) is 3.33. The number of ether oxygens (including phenoxy) is 2. The molecular formula is C20H21N3O3. The van der Waals surface area contributed by atoms with Crippen molar-refractivity contribution in [2.24, 2.45) is 0 Å². The summed E-state index contributed by atoms with van der Waals surface area (Å²) in [6.07, 6.45) is 1.35. The number of nitriles is 1. The van der Waals surface area contributed by atoms with Crippen LogP contribution < -0.4 is 20.1 Å². The average Bonchev–Trinajstić information content (AvgIpc) is 2.65. The van der Waals surface area contributed by atoms with E-state index in [2.05, 4.69) is 10.6 Å². The van der Waals surface area contributed by atoms with Crippen LogP contribution >= 0.6 is 0 Å². The van der Waals surface area contributed by atoms with E-state index in [1.807, 2.05) is 26.0 Å². The van der Waals surface area contributed by atoms with Crippen molar-refractivity contribution in [2.45, 2.75) is 13.8 Å². The molecule has 0 spiro atoms. The zero-order chi connectivity index (χ0) is 18.8. The van der Waals surface area contributed by atoms with E-state index in [0.717, 1.165) is 0 Å². The summed E-state index contributed by atoms with van der Waals surface area (Å²) in [5.74, 6) is 0.775. The van der Waals surface area contributed by atoms with Gasteiger partial charge in [0, 0.05) is 18.0 Å². The zero-order valence-corrected chi connectivity index (χ0v) is 14.8. The maximum Gasteiger partial charge on any atom is 0.267 e. The minimum atomic E-state index is -0.495. The van der Waals surface area contributed by atoms with Gasteiger partial charge in [-0.1, -0.05) is 18.2 Å². The van der Waals surface area contributed by atoms with Crippen LogP contribution in [0.2, 0.25) is 0 Å². The van der Waals surface area contributed by atoms with Crippen molar-refractivity contribution >= 4 is 17.3 Å². The largest absolute Gasteiger partial charge is 0.494 e. The molecule has 0 heterocycles. The summed E-state index contributed by atoms with van der Waals surface area (Å²) in [6, 6.07) is 16.2. The molecule has 0 aliphatic carbocycles. The van der Waals surface area contributed by atoms with Crippen LogP contribution in [0, 0.1) is 11.3 Å². The first kappa shape index (κ1) is 18.9. The van der Waals surface area contributed by atoms with Gasteiger partial charge in [-0.25, -0.2) is 0 Å². The van der Waals surface area contributed by atoms with E-state index >= 15 is 0 Å². The normalized spacial score (nSPS) is 10.6. The Hall–Kier alpha value is -3.46. The molecule has 0 atom stereocenters. The fraction of sp³-hybridized carbons (Fsp3) is 0.200. The molecule has 2 rings (SSSR count). The molecular weight excluding hydrogens is 330 g/mol. The first-order valence-electron chi connectivity index (χ1n) is 8.30. The van der Waals surface area contributed by atoms with E-state index in [0.29, 0.717) is 36.1 Å². The molecule has 26 heavy (non-hydrogen) atoms. The minimum absolute atomic E-state index is 0.0573. The van der Waals surface area contributed by atoms with Crippen LogP contribution in [0.5, 0.6) is 11.5 Å². The highest BCUT2D eigenvalue weighted by molar-refractivity contribution is 6.06. The maximum atomic E-state index is 12.2. The van der Waals surface area contributed by atoms with Gasteiger partial charge in [0.15, 0.2) is 0 Å². The van der Waals surface area contributed by atoms with Gasteiger partial charge in [-0.05, 0) is 38.1 Å². The van der Waals surface area contributed by atoms with Gasteiger partial charge in [-0.2, -0.15) is 5.26 Å². The van der Waals surface area contributed by atoms with Crippen LogP contribution in [-0.4, -0.2) is 19.1 Å². The predicted octanol–water partition coefficient (Wildman–Crippen LogP) is 3.94. The van der Waals surface area contributed by atoms with Crippen molar-refractivity contribution < 1.29 is 14.3 Å². The number of para-hydroxylation sites is 1. The molecule has 0 bridgehead atoms. The van der Waals surface area contributed by atoms with Crippen LogP contribution in [-0.2, 0) is 4.79 Å². The molecule has 0 fully saturated rings. The first-order valence-corrected chi connectivity index (χ1v) is 8.30. The Labute approximate surface area is 153 Å². The summed E-state index contributed by atoms with van der Waals surface area (Å²) in [5.41, 5.74) is 1.17. The van der Waals surface area contributed by atoms with E-state index in [4.69, 9.17) is 9.47 Å². The third-order valence-electron chi connectivity index (χ3n) is 3.33. The number of benzene rings is 2. The number of amides is 1.